The van der Waals surface area contributed by atoms with E-state index in [0.717, 1.165) is 22.8 Å². The number of hydrogen-bond donors (Lipinski definition) is 1. The van der Waals surface area contributed by atoms with E-state index in [1.54, 1.807) is 12.1 Å². The highest BCUT2D eigenvalue weighted by Crippen LogP contribution is 2.43. The Labute approximate surface area is 175 Å². The van der Waals surface area contributed by atoms with Crippen molar-refractivity contribution in [2.45, 2.75) is 13.8 Å². The lowest BCUT2D eigenvalue weighted by Crippen LogP contribution is -2.06. The maximum atomic E-state index is 13.3. The second-order valence-corrected chi connectivity index (χ2v) is 6.85. The lowest BCUT2D eigenvalue weighted by atomic mass is 9.94. The molecule has 0 bridgehead atoms. The fourth-order valence-corrected chi connectivity index (χ4v) is 3.32. The number of allylic oxidation sites excluding steroid dienone is 9. The summed E-state index contributed by atoms with van der Waals surface area (Å²) in [6.45, 7) is 15.0. The van der Waals surface area contributed by atoms with Crippen molar-refractivity contribution in [3.63, 3.8) is 0 Å². The summed E-state index contributed by atoms with van der Waals surface area (Å²) in [7, 11) is 0. The molecule has 0 saturated carbocycles. The molecule has 1 aromatic heterocycles. The molecule has 0 radical (unpaired) electrons. The number of rotatable bonds is 6. The van der Waals surface area contributed by atoms with Crippen molar-refractivity contribution in [1.29, 1.82) is 0 Å². The van der Waals surface area contributed by atoms with Crippen LogP contribution in [-0.4, -0.2) is 15.8 Å². The van der Waals surface area contributed by atoms with Gasteiger partial charge in [0.2, 0.25) is 5.95 Å². The fourth-order valence-electron chi connectivity index (χ4n) is 3.32. The first-order valence-electron chi connectivity index (χ1n) is 9.33. The van der Waals surface area contributed by atoms with Gasteiger partial charge in [-0.15, -0.1) is 0 Å². The van der Waals surface area contributed by atoms with E-state index in [-0.39, 0.29) is 17.4 Å². The molecule has 1 aromatic carbocycles. The molecule has 4 nitrogen and oxygen atoms in total. The Morgan fingerprint density at radius 3 is 2.53 bits per heavy atom. The van der Waals surface area contributed by atoms with Gasteiger partial charge in [-0.25, -0.2) is 14.4 Å². The third-order valence-electron chi connectivity index (χ3n) is 4.84. The largest absolute Gasteiger partial charge is 0.368 e. The van der Waals surface area contributed by atoms with Crippen molar-refractivity contribution in [2.75, 3.05) is 5.73 Å². The minimum absolute atomic E-state index is 0.00148. The van der Waals surface area contributed by atoms with Crippen molar-refractivity contribution in [3.05, 3.63) is 102 Å². The van der Waals surface area contributed by atoms with E-state index in [4.69, 9.17) is 5.73 Å². The lowest BCUT2D eigenvalue weighted by molar-refractivity contribution is 0.104. The average Bonchev–Trinajstić information content (AvgIpc) is 3.01. The quantitative estimate of drug-likeness (QED) is 0.527. The van der Waals surface area contributed by atoms with Crippen molar-refractivity contribution in [1.82, 2.24) is 9.97 Å². The average molecular weight is 399 g/mol. The van der Waals surface area contributed by atoms with Crippen LogP contribution in [0.5, 0.6) is 0 Å². The van der Waals surface area contributed by atoms with E-state index in [1.165, 1.54) is 6.08 Å². The number of benzene rings is 1. The van der Waals surface area contributed by atoms with Crippen molar-refractivity contribution in [2.24, 2.45) is 0 Å². The molecule has 150 valence electrons. The van der Waals surface area contributed by atoms with E-state index in [0.29, 0.717) is 28.0 Å². The number of carbonyl (C=O) groups excluding carboxylic acids is 1. The molecule has 0 saturated heterocycles. The minimum atomic E-state index is -0.633. The molecule has 0 fully saturated rings. The highest BCUT2D eigenvalue weighted by molar-refractivity contribution is 6.24. The van der Waals surface area contributed by atoms with Gasteiger partial charge < -0.3 is 5.73 Å². The van der Waals surface area contributed by atoms with E-state index in [9.17, 15) is 9.18 Å². The molecular formula is C25H22FN3O. The molecule has 1 aliphatic rings. The van der Waals surface area contributed by atoms with Crippen LogP contribution in [0.1, 0.15) is 41.0 Å². The molecule has 0 amide bonds. The van der Waals surface area contributed by atoms with Crippen molar-refractivity contribution >= 4 is 22.9 Å². The van der Waals surface area contributed by atoms with Gasteiger partial charge in [-0.1, -0.05) is 67.8 Å². The number of ketones is 1. The molecule has 1 aliphatic carbocycles. The summed E-state index contributed by atoms with van der Waals surface area (Å²) in [5.41, 5.74) is 11.2. The summed E-state index contributed by atoms with van der Waals surface area (Å²) in [6, 6.07) is 5.48. The molecular weight excluding hydrogens is 377 g/mol. The highest BCUT2D eigenvalue weighted by Gasteiger charge is 2.34. The van der Waals surface area contributed by atoms with Gasteiger partial charge in [-0.05, 0) is 36.6 Å². The molecule has 1 heterocycles. The smallest absolute Gasteiger partial charge is 0.221 e. The lowest BCUT2D eigenvalue weighted by Gasteiger charge is -2.11. The van der Waals surface area contributed by atoms with Gasteiger partial charge in [0.15, 0.2) is 5.78 Å². The first kappa shape index (κ1) is 20.9. The Morgan fingerprint density at radius 2 is 1.90 bits per heavy atom. The molecule has 3 rings (SSSR count). The zero-order valence-corrected chi connectivity index (χ0v) is 17.0. The number of aromatic nitrogens is 2. The van der Waals surface area contributed by atoms with Gasteiger partial charge in [-0.2, -0.15) is 0 Å². The number of nitrogen functional groups attached to an aromatic ring is 1. The zero-order valence-electron chi connectivity index (χ0n) is 17.0. The number of nitrogens with zero attached hydrogens (tertiary/aromatic N) is 2. The van der Waals surface area contributed by atoms with Crippen LogP contribution in [0.25, 0.3) is 22.4 Å². The molecule has 0 spiro atoms. The third-order valence-corrected chi connectivity index (χ3v) is 4.84. The number of carbonyl (C=O) groups is 1. The Morgan fingerprint density at radius 1 is 1.17 bits per heavy atom. The molecule has 2 aromatic rings. The number of fused-ring (bicyclic) bond motifs is 3. The summed E-state index contributed by atoms with van der Waals surface area (Å²) in [5.74, 6) is -0.856. The van der Waals surface area contributed by atoms with Crippen LogP contribution < -0.4 is 5.73 Å². The van der Waals surface area contributed by atoms with Gasteiger partial charge >= 0.3 is 0 Å². The summed E-state index contributed by atoms with van der Waals surface area (Å²) in [6.07, 6.45) is 8.28. The number of nitrogens with two attached hydrogens (primary N) is 1. The van der Waals surface area contributed by atoms with E-state index in [1.807, 2.05) is 38.1 Å². The predicted molar refractivity (Wildman–Crippen MR) is 121 cm³/mol. The molecule has 5 heteroatoms. The number of hydrogen-bond acceptors (Lipinski definition) is 4. The van der Waals surface area contributed by atoms with Gasteiger partial charge in [-0.3, -0.25) is 4.79 Å². The summed E-state index contributed by atoms with van der Waals surface area (Å²) in [5, 5.41) is 0. The van der Waals surface area contributed by atoms with Crippen LogP contribution in [0.15, 0.2) is 79.7 Å². The molecule has 30 heavy (non-hydrogen) atoms. The van der Waals surface area contributed by atoms with Crippen LogP contribution in [0, 0.1) is 0 Å². The van der Waals surface area contributed by atoms with Crippen LogP contribution in [-0.2, 0) is 0 Å². The van der Waals surface area contributed by atoms with Crippen LogP contribution in [0.3, 0.4) is 0 Å². The van der Waals surface area contributed by atoms with Crippen LogP contribution in [0.4, 0.5) is 10.3 Å². The Kier molecular flexibility index (Phi) is 5.74. The van der Waals surface area contributed by atoms with E-state index < -0.39 is 5.83 Å². The summed E-state index contributed by atoms with van der Waals surface area (Å²) >= 11 is 0. The monoisotopic (exact) mass is 399 g/mol. The SMILES string of the molecule is C=CC(=CC(C)=CC)c1cccc2c1-c1nc(N)nc(C(=C)C=CC(=C)F)c1C2=O. The topological polar surface area (TPSA) is 68.9 Å². The first-order valence-corrected chi connectivity index (χ1v) is 9.33. The van der Waals surface area contributed by atoms with Crippen LogP contribution in [0.2, 0.25) is 0 Å². The second-order valence-electron chi connectivity index (χ2n) is 6.85. The van der Waals surface area contributed by atoms with Crippen molar-refractivity contribution < 1.29 is 9.18 Å². The Bertz CT molecular complexity index is 1200. The predicted octanol–water partition coefficient (Wildman–Crippen LogP) is 5.86. The summed E-state index contributed by atoms with van der Waals surface area (Å²) < 4.78 is 13.1. The highest BCUT2D eigenvalue weighted by atomic mass is 19.1. The third kappa shape index (κ3) is 3.70. The normalized spacial score (nSPS) is 13.4. The molecule has 0 unspecified atom stereocenters. The minimum Gasteiger partial charge on any atom is -0.368 e. The maximum Gasteiger partial charge on any atom is 0.221 e. The standard InChI is InChI=1S/C25H22FN3O/c1-6-14(3)13-17(7-2)18-9-8-10-19-20(18)23-21(24(19)30)22(28-25(27)29-23)15(4)11-12-16(5)26/h6-13H,2,4-5H2,1,3H3,(H2,27,28,29). The fraction of sp³-hybridized carbons (Fsp3) is 0.0800. The van der Waals surface area contributed by atoms with Gasteiger partial charge in [0.1, 0.15) is 5.83 Å². The van der Waals surface area contributed by atoms with E-state index >= 15 is 0 Å². The Hall–Kier alpha value is -3.86. The number of halogens is 1. The van der Waals surface area contributed by atoms with Crippen molar-refractivity contribution in [3.8, 4) is 11.3 Å². The maximum absolute atomic E-state index is 13.3. The molecule has 2 N–H and O–H groups in total. The number of anilines is 1. The van der Waals surface area contributed by atoms with Gasteiger partial charge in [0.25, 0.3) is 0 Å². The Balaban J connectivity index is 2.30. The first-order chi connectivity index (χ1) is 14.3. The van der Waals surface area contributed by atoms with E-state index in [2.05, 4.69) is 29.7 Å². The summed E-state index contributed by atoms with van der Waals surface area (Å²) in [4.78, 5) is 21.9. The van der Waals surface area contributed by atoms with Gasteiger partial charge in [0, 0.05) is 11.1 Å². The van der Waals surface area contributed by atoms with Gasteiger partial charge in [0.05, 0.1) is 17.0 Å². The molecule has 0 aliphatic heterocycles. The second kappa shape index (κ2) is 8.25. The molecule has 0 atom stereocenters. The van der Waals surface area contributed by atoms with Crippen LogP contribution >= 0.6 is 0 Å². The zero-order chi connectivity index (χ0) is 22.0.